The van der Waals surface area contributed by atoms with Gasteiger partial charge in [-0.15, -0.1) is 0 Å². The quantitative estimate of drug-likeness (QED) is 0.746. The molecule has 3 rings (SSSR count). The van der Waals surface area contributed by atoms with Crippen LogP contribution >= 0.6 is 0 Å². The van der Waals surface area contributed by atoms with Crippen molar-refractivity contribution >= 4 is 25.5 Å². The Hall–Kier alpha value is -1.59. The molecule has 1 heterocycles. The van der Waals surface area contributed by atoms with Crippen LogP contribution < -0.4 is 10.9 Å². The van der Waals surface area contributed by atoms with Crippen molar-refractivity contribution in [3.8, 4) is 11.1 Å². The van der Waals surface area contributed by atoms with Crippen molar-refractivity contribution in [3.63, 3.8) is 0 Å². The summed E-state index contributed by atoms with van der Waals surface area (Å²) in [5, 5.41) is 10.4. The first kappa shape index (κ1) is 23.1. The van der Waals surface area contributed by atoms with E-state index in [4.69, 9.17) is 14.0 Å². The number of aliphatic hydroxyl groups is 1. The van der Waals surface area contributed by atoms with E-state index in [1.807, 2.05) is 44.2 Å². The van der Waals surface area contributed by atoms with Gasteiger partial charge in [-0.2, -0.15) is 0 Å². The van der Waals surface area contributed by atoms with Gasteiger partial charge >= 0.3 is 14.6 Å². The summed E-state index contributed by atoms with van der Waals surface area (Å²) >= 11 is 0. The van der Waals surface area contributed by atoms with Crippen molar-refractivity contribution in [2.24, 2.45) is 0 Å². The van der Waals surface area contributed by atoms with Gasteiger partial charge in [-0.05, 0) is 77.4 Å². The van der Waals surface area contributed by atoms with Crippen LogP contribution in [0.15, 0.2) is 48.5 Å². The van der Waals surface area contributed by atoms with Crippen LogP contribution in [0.3, 0.4) is 0 Å². The lowest BCUT2D eigenvalue weighted by molar-refractivity contribution is -0.0893. The topological polar surface area (TPSA) is 47.9 Å². The standard InChI is InChI=1S/C24H33B2O4/c1-21(2,27)22(3,4)28-25-19-15-11-9-13-17(19)18-14-10-12-16-20(18)26-29-23(5,6)24(7,8)30-26/h9-16,27H,1-8H3. The minimum absolute atomic E-state index is 0.406. The highest BCUT2D eigenvalue weighted by Crippen LogP contribution is 2.37. The fourth-order valence-corrected chi connectivity index (χ4v) is 3.12. The van der Waals surface area contributed by atoms with E-state index in [2.05, 4.69) is 45.9 Å². The van der Waals surface area contributed by atoms with Crippen LogP contribution in [0.25, 0.3) is 11.1 Å². The minimum Gasteiger partial charge on any atom is -0.427 e. The molecule has 0 aliphatic carbocycles. The molecule has 30 heavy (non-hydrogen) atoms. The van der Waals surface area contributed by atoms with Gasteiger partial charge in [0.1, 0.15) is 0 Å². The number of rotatable bonds is 6. The highest BCUT2D eigenvalue weighted by molar-refractivity contribution is 6.64. The van der Waals surface area contributed by atoms with E-state index in [1.54, 1.807) is 21.3 Å². The van der Waals surface area contributed by atoms with Crippen LogP contribution in [0.1, 0.15) is 55.4 Å². The summed E-state index contributed by atoms with van der Waals surface area (Å²) in [5.41, 5.74) is 1.43. The second kappa shape index (κ2) is 7.83. The molecule has 1 aliphatic rings. The van der Waals surface area contributed by atoms with E-state index in [-0.39, 0.29) is 0 Å². The Morgan fingerprint density at radius 2 is 1.33 bits per heavy atom. The smallest absolute Gasteiger partial charge is 0.427 e. The van der Waals surface area contributed by atoms with Crippen LogP contribution in [-0.2, 0) is 14.0 Å². The summed E-state index contributed by atoms with van der Waals surface area (Å²) in [6.45, 7) is 15.5. The Bertz CT molecular complexity index is 884. The normalized spacial score (nSPS) is 18.5. The molecular formula is C24H33B2O4. The Morgan fingerprint density at radius 1 is 0.833 bits per heavy atom. The van der Waals surface area contributed by atoms with E-state index in [9.17, 15) is 5.11 Å². The maximum atomic E-state index is 10.4. The second-order valence-electron chi connectivity index (χ2n) is 10.1. The Labute approximate surface area is 182 Å². The third-order valence-corrected chi connectivity index (χ3v) is 6.67. The highest BCUT2D eigenvalue weighted by Gasteiger charge is 2.52. The first-order valence-electron chi connectivity index (χ1n) is 10.5. The molecule has 0 atom stereocenters. The molecule has 1 radical (unpaired) electrons. The molecule has 4 nitrogen and oxygen atoms in total. The van der Waals surface area contributed by atoms with Crippen molar-refractivity contribution in [3.05, 3.63) is 48.5 Å². The van der Waals surface area contributed by atoms with Crippen LogP contribution in [-0.4, -0.2) is 42.1 Å². The molecule has 1 aliphatic heterocycles. The summed E-state index contributed by atoms with van der Waals surface area (Å²) < 4.78 is 18.7. The summed E-state index contributed by atoms with van der Waals surface area (Å²) in [6, 6.07) is 16.2. The van der Waals surface area contributed by atoms with Crippen LogP contribution in [0.2, 0.25) is 0 Å². The number of hydrogen-bond donors (Lipinski definition) is 1. The van der Waals surface area contributed by atoms with Gasteiger partial charge in [-0.3, -0.25) is 0 Å². The minimum atomic E-state index is -0.987. The first-order valence-corrected chi connectivity index (χ1v) is 10.5. The average molecular weight is 407 g/mol. The van der Waals surface area contributed by atoms with E-state index in [1.165, 1.54) is 0 Å². The Morgan fingerprint density at radius 3 is 1.90 bits per heavy atom. The van der Waals surface area contributed by atoms with Gasteiger partial charge in [0.05, 0.1) is 22.4 Å². The fourth-order valence-electron chi connectivity index (χ4n) is 3.12. The van der Waals surface area contributed by atoms with E-state index in [0.29, 0.717) is 0 Å². The summed E-state index contributed by atoms with van der Waals surface area (Å²) in [4.78, 5) is 0. The summed E-state index contributed by atoms with van der Waals surface area (Å²) in [5.74, 6) is 0. The maximum absolute atomic E-state index is 10.4. The monoisotopic (exact) mass is 407 g/mol. The molecule has 0 bridgehead atoms. The third-order valence-electron chi connectivity index (χ3n) is 6.67. The molecule has 6 heteroatoms. The summed E-state index contributed by atoms with van der Waals surface area (Å²) in [7, 11) is 1.28. The lowest BCUT2D eigenvalue weighted by Crippen LogP contribution is -2.49. The van der Waals surface area contributed by atoms with Crippen molar-refractivity contribution in [2.75, 3.05) is 0 Å². The largest absolute Gasteiger partial charge is 0.495 e. The molecule has 1 saturated heterocycles. The zero-order chi connectivity index (χ0) is 22.4. The van der Waals surface area contributed by atoms with Crippen LogP contribution in [0, 0.1) is 0 Å². The van der Waals surface area contributed by atoms with Gasteiger partial charge in [-0.1, -0.05) is 48.5 Å². The van der Waals surface area contributed by atoms with Crippen LogP contribution in [0.5, 0.6) is 0 Å². The van der Waals surface area contributed by atoms with Crippen LogP contribution in [0.4, 0.5) is 0 Å². The number of benzene rings is 2. The van der Waals surface area contributed by atoms with Crippen molar-refractivity contribution in [1.29, 1.82) is 0 Å². The molecule has 0 spiro atoms. The fraction of sp³-hybridized carbons (Fsp3) is 0.500. The maximum Gasteiger partial charge on any atom is 0.495 e. The molecule has 0 aromatic heterocycles. The van der Waals surface area contributed by atoms with Gasteiger partial charge in [0, 0.05) is 0 Å². The number of hydrogen-bond acceptors (Lipinski definition) is 4. The highest BCUT2D eigenvalue weighted by atomic mass is 16.7. The van der Waals surface area contributed by atoms with E-state index < -0.39 is 29.5 Å². The van der Waals surface area contributed by atoms with Gasteiger partial charge in [0.2, 0.25) is 0 Å². The van der Waals surface area contributed by atoms with Gasteiger partial charge in [-0.25, -0.2) is 0 Å². The zero-order valence-corrected chi connectivity index (χ0v) is 19.4. The molecule has 0 saturated carbocycles. The Kier molecular flexibility index (Phi) is 6.02. The molecular weight excluding hydrogens is 374 g/mol. The molecule has 1 fully saturated rings. The third kappa shape index (κ3) is 4.38. The van der Waals surface area contributed by atoms with E-state index in [0.717, 1.165) is 22.1 Å². The predicted molar refractivity (Wildman–Crippen MR) is 124 cm³/mol. The molecule has 0 amide bonds. The van der Waals surface area contributed by atoms with E-state index >= 15 is 0 Å². The van der Waals surface area contributed by atoms with Gasteiger partial charge in [0.15, 0.2) is 0 Å². The molecule has 2 aromatic carbocycles. The summed E-state index contributed by atoms with van der Waals surface area (Å²) in [6.07, 6.45) is 0. The molecule has 1 N–H and O–H groups in total. The molecule has 2 aromatic rings. The zero-order valence-electron chi connectivity index (χ0n) is 19.4. The van der Waals surface area contributed by atoms with Gasteiger partial charge in [0.25, 0.3) is 0 Å². The Balaban J connectivity index is 1.96. The SMILES string of the molecule is CC(C)(O)C(C)(C)O[B]c1ccccc1-c1ccccc1B1OC(C)(C)C(C)(C)O1. The van der Waals surface area contributed by atoms with Crippen molar-refractivity contribution in [1.82, 2.24) is 0 Å². The van der Waals surface area contributed by atoms with Crippen molar-refractivity contribution in [2.45, 2.75) is 77.8 Å². The van der Waals surface area contributed by atoms with Crippen molar-refractivity contribution < 1.29 is 19.1 Å². The second-order valence-corrected chi connectivity index (χ2v) is 10.1. The predicted octanol–water partition coefficient (Wildman–Crippen LogP) is 3.46. The van der Waals surface area contributed by atoms with Gasteiger partial charge < -0.3 is 19.1 Å². The average Bonchev–Trinajstić information content (AvgIpc) is 2.87. The lowest BCUT2D eigenvalue weighted by atomic mass is 9.71. The first-order chi connectivity index (χ1) is 13.8. The molecule has 0 unspecified atom stereocenters. The molecule has 159 valence electrons. The lowest BCUT2D eigenvalue weighted by Gasteiger charge is -2.37.